The molecule has 8 heteroatoms. The van der Waals surface area contributed by atoms with Crippen molar-refractivity contribution in [3.05, 3.63) is 0 Å². The zero-order valence-corrected chi connectivity index (χ0v) is 15.0. The SMILES string of the molecule is CC1CCCCC1NC(=O)N1CCN(CCCOCC(F)(F)F)CC1. The number of urea groups is 1. The molecule has 1 saturated carbocycles. The molecule has 0 bridgehead atoms. The molecule has 1 aliphatic heterocycles. The molecule has 1 heterocycles. The van der Waals surface area contributed by atoms with Crippen molar-refractivity contribution in [3.63, 3.8) is 0 Å². The first-order chi connectivity index (χ1) is 11.8. The van der Waals surface area contributed by atoms with Gasteiger partial charge in [0, 0.05) is 45.4 Å². The van der Waals surface area contributed by atoms with Crippen molar-refractivity contribution in [2.24, 2.45) is 5.92 Å². The van der Waals surface area contributed by atoms with Crippen molar-refractivity contribution in [1.82, 2.24) is 15.1 Å². The molecule has 2 rings (SSSR count). The molecule has 1 aliphatic carbocycles. The number of ether oxygens (including phenoxy) is 1. The van der Waals surface area contributed by atoms with Gasteiger partial charge in [0.05, 0.1) is 0 Å². The van der Waals surface area contributed by atoms with Gasteiger partial charge in [-0.25, -0.2) is 4.79 Å². The van der Waals surface area contributed by atoms with Crippen LogP contribution in [0.5, 0.6) is 0 Å². The van der Waals surface area contributed by atoms with Crippen molar-refractivity contribution in [3.8, 4) is 0 Å². The molecule has 146 valence electrons. The number of halogens is 3. The summed E-state index contributed by atoms with van der Waals surface area (Å²) in [5.41, 5.74) is 0. The number of piperazine rings is 1. The highest BCUT2D eigenvalue weighted by atomic mass is 19.4. The Morgan fingerprint density at radius 1 is 1.16 bits per heavy atom. The summed E-state index contributed by atoms with van der Waals surface area (Å²) in [5, 5.41) is 3.17. The maximum atomic E-state index is 12.4. The third-order valence-electron chi connectivity index (χ3n) is 5.11. The number of rotatable bonds is 6. The van der Waals surface area contributed by atoms with E-state index >= 15 is 0 Å². The van der Waals surface area contributed by atoms with Gasteiger partial charge in [0.1, 0.15) is 6.61 Å². The monoisotopic (exact) mass is 365 g/mol. The van der Waals surface area contributed by atoms with Crippen LogP contribution in [0.3, 0.4) is 0 Å². The molecule has 0 spiro atoms. The minimum atomic E-state index is -4.26. The van der Waals surface area contributed by atoms with E-state index in [1.54, 1.807) is 0 Å². The average Bonchev–Trinajstić information content (AvgIpc) is 2.56. The van der Waals surface area contributed by atoms with E-state index in [4.69, 9.17) is 0 Å². The molecule has 0 aromatic rings. The summed E-state index contributed by atoms with van der Waals surface area (Å²) in [5.74, 6) is 0.538. The molecule has 2 aliphatic rings. The molecular weight excluding hydrogens is 335 g/mol. The predicted octanol–water partition coefficient (Wildman–Crippen LogP) is 2.86. The Hall–Kier alpha value is -1.02. The van der Waals surface area contributed by atoms with Crippen LogP contribution in [0.25, 0.3) is 0 Å². The van der Waals surface area contributed by atoms with E-state index in [1.807, 2.05) is 4.90 Å². The van der Waals surface area contributed by atoms with Gasteiger partial charge in [-0.15, -0.1) is 0 Å². The summed E-state index contributed by atoms with van der Waals surface area (Å²) in [6.07, 6.45) is 0.981. The van der Waals surface area contributed by atoms with Crippen molar-refractivity contribution in [1.29, 1.82) is 0 Å². The zero-order valence-electron chi connectivity index (χ0n) is 15.0. The van der Waals surface area contributed by atoms with E-state index in [1.165, 1.54) is 19.3 Å². The summed E-state index contributed by atoms with van der Waals surface area (Å²) in [4.78, 5) is 16.4. The highest BCUT2D eigenvalue weighted by Crippen LogP contribution is 2.24. The molecule has 1 N–H and O–H groups in total. The van der Waals surface area contributed by atoms with Crippen LogP contribution < -0.4 is 5.32 Å². The van der Waals surface area contributed by atoms with Crippen LogP contribution >= 0.6 is 0 Å². The molecule has 1 saturated heterocycles. The van der Waals surface area contributed by atoms with Gasteiger partial charge in [-0.2, -0.15) is 13.2 Å². The number of hydrogen-bond acceptors (Lipinski definition) is 3. The number of nitrogens with one attached hydrogen (secondary N) is 1. The van der Waals surface area contributed by atoms with Gasteiger partial charge in [0.15, 0.2) is 0 Å². The summed E-state index contributed by atoms with van der Waals surface area (Å²) in [7, 11) is 0. The molecule has 0 aromatic heterocycles. The van der Waals surface area contributed by atoms with Gasteiger partial charge in [-0.1, -0.05) is 19.8 Å². The third kappa shape index (κ3) is 7.40. The van der Waals surface area contributed by atoms with Crippen molar-refractivity contribution >= 4 is 6.03 Å². The first-order valence-corrected chi connectivity index (χ1v) is 9.27. The Bertz CT molecular complexity index is 412. The normalized spacial score (nSPS) is 25.8. The van der Waals surface area contributed by atoms with E-state index < -0.39 is 12.8 Å². The van der Waals surface area contributed by atoms with Crippen LogP contribution in [-0.2, 0) is 4.74 Å². The number of carbonyl (C=O) groups is 1. The Labute approximate surface area is 147 Å². The highest BCUT2D eigenvalue weighted by molar-refractivity contribution is 5.74. The number of amides is 2. The summed E-state index contributed by atoms with van der Waals surface area (Å²) >= 11 is 0. The lowest BCUT2D eigenvalue weighted by Gasteiger charge is -2.37. The van der Waals surface area contributed by atoms with Gasteiger partial charge in [-0.3, -0.25) is 4.90 Å². The van der Waals surface area contributed by atoms with Crippen molar-refractivity contribution < 1.29 is 22.7 Å². The van der Waals surface area contributed by atoms with Gasteiger partial charge in [0.25, 0.3) is 0 Å². The molecule has 5 nitrogen and oxygen atoms in total. The van der Waals surface area contributed by atoms with Gasteiger partial charge in [0.2, 0.25) is 0 Å². The summed E-state index contributed by atoms with van der Waals surface area (Å²) in [6.45, 7) is 4.67. The minimum absolute atomic E-state index is 0.0203. The molecule has 2 atom stereocenters. The Morgan fingerprint density at radius 3 is 2.48 bits per heavy atom. The molecule has 2 fully saturated rings. The lowest BCUT2D eigenvalue weighted by Crippen LogP contribution is -2.54. The lowest BCUT2D eigenvalue weighted by molar-refractivity contribution is -0.174. The van der Waals surface area contributed by atoms with E-state index in [-0.39, 0.29) is 18.7 Å². The minimum Gasteiger partial charge on any atom is -0.372 e. The van der Waals surface area contributed by atoms with Crippen LogP contribution in [0.15, 0.2) is 0 Å². The second-order valence-corrected chi connectivity index (χ2v) is 7.17. The van der Waals surface area contributed by atoms with Gasteiger partial charge < -0.3 is 15.0 Å². The zero-order chi connectivity index (χ0) is 18.3. The predicted molar refractivity (Wildman–Crippen MR) is 89.5 cm³/mol. The fourth-order valence-electron chi connectivity index (χ4n) is 3.53. The number of alkyl halides is 3. The molecule has 2 unspecified atom stereocenters. The Kier molecular flexibility index (Phi) is 7.81. The van der Waals surface area contributed by atoms with E-state index in [9.17, 15) is 18.0 Å². The smallest absolute Gasteiger partial charge is 0.372 e. The van der Waals surface area contributed by atoms with E-state index in [0.717, 1.165) is 19.5 Å². The standard InChI is InChI=1S/C17H30F3N3O2/c1-14-5-2-3-6-15(14)21-16(24)23-10-8-22(9-11-23)7-4-12-25-13-17(18,19)20/h14-15H,2-13H2,1H3,(H,21,24). The van der Waals surface area contributed by atoms with Gasteiger partial charge >= 0.3 is 12.2 Å². The fourth-order valence-corrected chi connectivity index (χ4v) is 3.53. The van der Waals surface area contributed by atoms with Crippen molar-refractivity contribution in [2.75, 3.05) is 45.9 Å². The molecular formula is C17H30F3N3O2. The quantitative estimate of drug-likeness (QED) is 0.736. The molecule has 0 radical (unpaired) electrons. The Morgan fingerprint density at radius 2 is 1.84 bits per heavy atom. The topological polar surface area (TPSA) is 44.8 Å². The van der Waals surface area contributed by atoms with E-state index in [2.05, 4.69) is 21.9 Å². The van der Waals surface area contributed by atoms with Crippen LogP contribution in [0.4, 0.5) is 18.0 Å². The van der Waals surface area contributed by atoms with Crippen LogP contribution in [0, 0.1) is 5.92 Å². The van der Waals surface area contributed by atoms with E-state index in [0.29, 0.717) is 32.0 Å². The maximum Gasteiger partial charge on any atom is 0.411 e. The fraction of sp³-hybridized carbons (Fsp3) is 0.941. The number of hydrogen-bond donors (Lipinski definition) is 1. The summed E-state index contributed by atoms with van der Waals surface area (Å²) in [6, 6.07) is 0.303. The second-order valence-electron chi connectivity index (χ2n) is 7.17. The first-order valence-electron chi connectivity index (χ1n) is 9.27. The maximum absolute atomic E-state index is 12.4. The Balaban J connectivity index is 1.58. The molecule has 0 aromatic carbocycles. The third-order valence-corrected chi connectivity index (χ3v) is 5.11. The van der Waals surface area contributed by atoms with Crippen molar-refractivity contribution in [2.45, 2.75) is 51.2 Å². The molecule has 2 amide bonds. The van der Waals surface area contributed by atoms with Crippen LogP contribution in [0.1, 0.15) is 39.0 Å². The molecule has 25 heavy (non-hydrogen) atoms. The lowest BCUT2D eigenvalue weighted by atomic mass is 9.86. The van der Waals surface area contributed by atoms with Gasteiger partial charge in [-0.05, 0) is 25.2 Å². The summed E-state index contributed by atoms with van der Waals surface area (Å²) < 4.78 is 40.5. The first kappa shape index (κ1) is 20.3. The second kappa shape index (κ2) is 9.62. The average molecular weight is 365 g/mol. The highest BCUT2D eigenvalue weighted by Gasteiger charge is 2.28. The van der Waals surface area contributed by atoms with Crippen LogP contribution in [-0.4, -0.2) is 74.0 Å². The number of carbonyl (C=O) groups excluding carboxylic acids is 1. The largest absolute Gasteiger partial charge is 0.411 e. The number of nitrogens with zero attached hydrogens (tertiary/aromatic N) is 2. The van der Waals surface area contributed by atoms with Crippen LogP contribution in [0.2, 0.25) is 0 Å².